The van der Waals surface area contributed by atoms with Gasteiger partial charge in [0.15, 0.2) is 11.5 Å². The Morgan fingerprint density at radius 2 is 1.89 bits per heavy atom. The lowest BCUT2D eigenvalue weighted by atomic mass is 10.1. The molecule has 0 saturated heterocycles. The van der Waals surface area contributed by atoms with Gasteiger partial charge in [0.25, 0.3) is 0 Å². The fourth-order valence-electron chi connectivity index (χ4n) is 2.10. The Morgan fingerprint density at radius 1 is 1.11 bits per heavy atom. The van der Waals surface area contributed by atoms with Crippen LogP contribution in [0, 0.1) is 0 Å². The molecule has 3 rings (SSSR count). The second-order valence-corrected chi connectivity index (χ2v) is 4.10. The Hall–Kier alpha value is -2.69. The van der Waals surface area contributed by atoms with Crippen LogP contribution in [-0.4, -0.2) is 17.3 Å². The van der Waals surface area contributed by atoms with Crippen molar-refractivity contribution in [1.29, 1.82) is 0 Å². The normalized spacial score (nSPS) is 11.0. The second kappa shape index (κ2) is 3.91. The maximum absolute atomic E-state index is 12.4. The third kappa shape index (κ3) is 1.59. The molecule has 2 N–H and O–H groups in total. The molecular formula is C14H10O5. The van der Waals surface area contributed by atoms with Crippen LogP contribution in [0.25, 0.3) is 21.9 Å². The van der Waals surface area contributed by atoms with Crippen LogP contribution < -0.4 is 10.2 Å². The van der Waals surface area contributed by atoms with Crippen LogP contribution in [0.4, 0.5) is 0 Å². The molecule has 0 atom stereocenters. The Balaban J connectivity index is 2.58. The minimum Gasteiger partial charge on any atom is -0.508 e. The van der Waals surface area contributed by atoms with Gasteiger partial charge in [-0.15, -0.1) is 0 Å². The van der Waals surface area contributed by atoms with Gasteiger partial charge in [-0.1, -0.05) is 0 Å². The van der Waals surface area contributed by atoms with E-state index in [9.17, 15) is 15.0 Å². The van der Waals surface area contributed by atoms with Crippen LogP contribution in [0.15, 0.2) is 39.5 Å². The average Bonchev–Trinajstić information content (AvgIpc) is 2.39. The van der Waals surface area contributed by atoms with E-state index in [-0.39, 0.29) is 39.2 Å². The lowest BCUT2D eigenvalue weighted by Gasteiger charge is -2.07. The van der Waals surface area contributed by atoms with Gasteiger partial charge in [0.2, 0.25) is 5.43 Å². The van der Waals surface area contributed by atoms with Crippen molar-refractivity contribution in [1.82, 2.24) is 0 Å². The average molecular weight is 258 g/mol. The summed E-state index contributed by atoms with van der Waals surface area (Å²) >= 11 is 0. The molecule has 1 aromatic heterocycles. The standard InChI is InChI=1S/C14H10O5/c1-18-14-9(16)4-5-10-12(14)13(17)8-3-2-7(15)6-11(8)19-10/h2-6,15-16H,1H3. The highest BCUT2D eigenvalue weighted by Gasteiger charge is 2.15. The van der Waals surface area contributed by atoms with Crippen LogP contribution in [0.2, 0.25) is 0 Å². The zero-order chi connectivity index (χ0) is 13.6. The van der Waals surface area contributed by atoms with Crippen LogP contribution >= 0.6 is 0 Å². The summed E-state index contributed by atoms with van der Waals surface area (Å²) in [5.41, 5.74) is 0.256. The number of phenolic OH excluding ortho intramolecular Hbond substituents is 2. The van der Waals surface area contributed by atoms with Crippen molar-refractivity contribution in [2.24, 2.45) is 0 Å². The zero-order valence-corrected chi connectivity index (χ0v) is 10.0. The van der Waals surface area contributed by atoms with E-state index in [0.717, 1.165) is 0 Å². The van der Waals surface area contributed by atoms with Gasteiger partial charge in [-0.2, -0.15) is 0 Å². The molecule has 19 heavy (non-hydrogen) atoms. The summed E-state index contributed by atoms with van der Waals surface area (Å²) < 4.78 is 10.6. The summed E-state index contributed by atoms with van der Waals surface area (Å²) in [6.07, 6.45) is 0. The molecule has 5 nitrogen and oxygen atoms in total. The number of hydrogen-bond acceptors (Lipinski definition) is 5. The third-order valence-corrected chi connectivity index (χ3v) is 2.96. The lowest BCUT2D eigenvalue weighted by Crippen LogP contribution is -2.04. The van der Waals surface area contributed by atoms with E-state index in [4.69, 9.17) is 9.15 Å². The number of methoxy groups -OCH3 is 1. The van der Waals surface area contributed by atoms with E-state index in [1.165, 1.54) is 37.4 Å². The first-order chi connectivity index (χ1) is 9.11. The van der Waals surface area contributed by atoms with Gasteiger partial charge in [0, 0.05) is 6.07 Å². The largest absolute Gasteiger partial charge is 0.508 e. The minimum atomic E-state index is -0.316. The van der Waals surface area contributed by atoms with E-state index in [2.05, 4.69) is 0 Å². The van der Waals surface area contributed by atoms with Crippen molar-refractivity contribution in [3.63, 3.8) is 0 Å². The molecule has 0 aliphatic rings. The van der Waals surface area contributed by atoms with Crippen LogP contribution in [0.1, 0.15) is 0 Å². The van der Waals surface area contributed by atoms with Crippen molar-refractivity contribution in [2.75, 3.05) is 7.11 Å². The summed E-state index contributed by atoms with van der Waals surface area (Å²) in [6.45, 7) is 0. The van der Waals surface area contributed by atoms with Gasteiger partial charge in [-0.3, -0.25) is 4.79 Å². The van der Waals surface area contributed by atoms with Crippen molar-refractivity contribution < 1.29 is 19.4 Å². The van der Waals surface area contributed by atoms with E-state index >= 15 is 0 Å². The fraction of sp³-hybridized carbons (Fsp3) is 0.0714. The second-order valence-electron chi connectivity index (χ2n) is 4.10. The molecule has 3 aromatic rings. The highest BCUT2D eigenvalue weighted by atomic mass is 16.5. The van der Waals surface area contributed by atoms with Gasteiger partial charge in [0.1, 0.15) is 22.3 Å². The Bertz CT molecular complexity index is 848. The Labute approximate surface area is 107 Å². The summed E-state index contributed by atoms with van der Waals surface area (Å²) in [5.74, 6) is -0.0256. The molecule has 0 aliphatic carbocycles. The molecular weight excluding hydrogens is 248 g/mol. The molecule has 0 saturated carbocycles. The van der Waals surface area contributed by atoms with Crippen LogP contribution in [0.5, 0.6) is 17.2 Å². The summed E-state index contributed by atoms with van der Waals surface area (Å²) in [6, 6.07) is 7.12. The van der Waals surface area contributed by atoms with Gasteiger partial charge < -0.3 is 19.4 Å². The molecule has 5 heteroatoms. The first kappa shape index (κ1) is 11.4. The summed E-state index contributed by atoms with van der Waals surface area (Å²) in [5, 5.41) is 19.6. The Kier molecular flexibility index (Phi) is 2.35. The topological polar surface area (TPSA) is 79.9 Å². The van der Waals surface area contributed by atoms with Crippen LogP contribution in [-0.2, 0) is 0 Å². The summed E-state index contributed by atoms with van der Waals surface area (Å²) in [7, 11) is 1.37. The van der Waals surface area contributed by atoms with E-state index in [0.29, 0.717) is 5.39 Å². The molecule has 0 radical (unpaired) electrons. The van der Waals surface area contributed by atoms with Crippen molar-refractivity contribution in [3.8, 4) is 17.2 Å². The minimum absolute atomic E-state index is 0.0146. The first-order valence-electron chi connectivity index (χ1n) is 5.57. The number of fused-ring (bicyclic) bond motifs is 2. The number of benzene rings is 2. The molecule has 96 valence electrons. The van der Waals surface area contributed by atoms with Gasteiger partial charge in [-0.25, -0.2) is 0 Å². The number of ether oxygens (including phenoxy) is 1. The summed E-state index contributed by atoms with van der Waals surface area (Å²) in [4.78, 5) is 12.4. The number of aromatic hydroxyl groups is 2. The molecule has 0 unspecified atom stereocenters. The van der Waals surface area contributed by atoms with Gasteiger partial charge in [-0.05, 0) is 24.3 Å². The van der Waals surface area contributed by atoms with E-state index in [1.54, 1.807) is 0 Å². The molecule has 1 heterocycles. The van der Waals surface area contributed by atoms with Crippen molar-refractivity contribution >= 4 is 21.9 Å². The molecule has 0 spiro atoms. The number of hydrogen-bond donors (Lipinski definition) is 2. The molecule has 0 amide bonds. The fourth-order valence-corrected chi connectivity index (χ4v) is 2.10. The van der Waals surface area contributed by atoms with Gasteiger partial charge >= 0.3 is 0 Å². The molecule has 0 bridgehead atoms. The maximum Gasteiger partial charge on any atom is 0.204 e. The predicted molar refractivity (Wildman–Crippen MR) is 69.9 cm³/mol. The number of phenols is 2. The van der Waals surface area contributed by atoms with E-state index in [1.807, 2.05) is 0 Å². The highest BCUT2D eigenvalue weighted by Crippen LogP contribution is 2.34. The Morgan fingerprint density at radius 3 is 2.63 bits per heavy atom. The smallest absolute Gasteiger partial charge is 0.204 e. The lowest BCUT2D eigenvalue weighted by molar-refractivity contribution is 0.377. The predicted octanol–water partition coefficient (Wildman–Crippen LogP) is 2.37. The van der Waals surface area contributed by atoms with E-state index < -0.39 is 0 Å². The van der Waals surface area contributed by atoms with Crippen molar-refractivity contribution in [2.45, 2.75) is 0 Å². The molecule has 0 fully saturated rings. The number of rotatable bonds is 1. The molecule has 2 aromatic carbocycles. The highest BCUT2D eigenvalue weighted by molar-refractivity contribution is 5.94. The van der Waals surface area contributed by atoms with Crippen LogP contribution in [0.3, 0.4) is 0 Å². The quantitative estimate of drug-likeness (QED) is 0.655. The SMILES string of the molecule is COc1c(O)ccc2oc3cc(O)ccc3c(=O)c12. The first-order valence-corrected chi connectivity index (χ1v) is 5.57. The van der Waals surface area contributed by atoms with Gasteiger partial charge in [0.05, 0.1) is 12.5 Å². The maximum atomic E-state index is 12.4. The monoisotopic (exact) mass is 258 g/mol. The molecule has 0 aliphatic heterocycles. The van der Waals surface area contributed by atoms with Crippen molar-refractivity contribution in [3.05, 3.63) is 40.6 Å². The third-order valence-electron chi connectivity index (χ3n) is 2.96. The zero-order valence-electron chi connectivity index (χ0n) is 10.0.